The van der Waals surface area contributed by atoms with E-state index in [1.807, 2.05) is 0 Å². The second kappa shape index (κ2) is 16.9. The van der Waals surface area contributed by atoms with Gasteiger partial charge in [-0.1, -0.05) is 0 Å². The molecule has 0 bridgehead atoms. The monoisotopic (exact) mass is 602 g/mol. The summed E-state index contributed by atoms with van der Waals surface area (Å²) in [6, 6.07) is 1.41. The summed E-state index contributed by atoms with van der Waals surface area (Å²) in [5.74, 6) is -0.697. The van der Waals surface area contributed by atoms with Gasteiger partial charge in [-0.15, -0.1) is 0 Å². The Hall–Kier alpha value is -1.06. The predicted octanol–water partition coefficient (Wildman–Crippen LogP) is 6.98. The molecular formula is C23H41O12P3. The Bertz CT molecular complexity index is 1020. The summed E-state index contributed by atoms with van der Waals surface area (Å²) in [5.41, 5.74) is 0.0810. The average Bonchev–Trinajstić information content (AvgIpc) is 3.18. The van der Waals surface area contributed by atoms with E-state index in [4.69, 9.17) is 36.3 Å². The molecule has 0 aliphatic carbocycles. The van der Waals surface area contributed by atoms with Crippen molar-refractivity contribution in [3.63, 3.8) is 0 Å². The first kappa shape index (κ1) is 35.0. The topological polar surface area (TPSA) is 146 Å². The quantitative estimate of drug-likeness (QED) is 0.0861. The van der Waals surface area contributed by atoms with Gasteiger partial charge >= 0.3 is 28.8 Å². The van der Waals surface area contributed by atoms with Crippen LogP contribution in [0.5, 0.6) is 0 Å². The van der Waals surface area contributed by atoms with Crippen molar-refractivity contribution in [2.75, 3.05) is 46.2 Å². The van der Waals surface area contributed by atoms with Gasteiger partial charge in [-0.05, 0) is 54.5 Å². The van der Waals surface area contributed by atoms with Crippen LogP contribution < -0.4 is 0 Å². The van der Waals surface area contributed by atoms with Gasteiger partial charge < -0.3 is 36.3 Å². The van der Waals surface area contributed by atoms with Crippen LogP contribution in [0.3, 0.4) is 0 Å². The Morgan fingerprint density at radius 2 is 1.16 bits per heavy atom. The molecule has 1 rings (SSSR count). The molecule has 0 amide bonds. The molecule has 12 nitrogen and oxygen atoms in total. The van der Waals surface area contributed by atoms with Crippen molar-refractivity contribution in [3.8, 4) is 0 Å². The second-order valence-electron chi connectivity index (χ2n) is 7.37. The van der Waals surface area contributed by atoms with Crippen molar-refractivity contribution >= 4 is 34.1 Å². The highest BCUT2D eigenvalue weighted by Crippen LogP contribution is 2.63. The van der Waals surface area contributed by atoms with Crippen LogP contribution in [0.1, 0.15) is 65.6 Å². The number of carbonyl (C=O) groups is 1. The van der Waals surface area contributed by atoms with Crippen LogP contribution in [0, 0.1) is 0 Å². The van der Waals surface area contributed by atoms with Gasteiger partial charge in [0.05, 0.1) is 51.6 Å². The summed E-state index contributed by atoms with van der Waals surface area (Å²) in [7, 11) is -11.5. The van der Waals surface area contributed by atoms with Crippen LogP contribution in [-0.4, -0.2) is 52.2 Å². The molecule has 0 aromatic carbocycles. The van der Waals surface area contributed by atoms with E-state index in [9.17, 15) is 18.5 Å². The maximum atomic E-state index is 13.9. The lowest BCUT2D eigenvalue weighted by atomic mass is 10.2. The van der Waals surface area contributed by atoms with Gasteiger partial charge in [-0.2, -0.15) is 0 Å². The minimum absolute atomic E-state index is 0.0000372. The molecule has 0 unspecified atom stereocenters. The van der Waals surface area contributed by atoms with Gasteiger partial charge in [-0.25, -0.2) is 4.79 Å². The molecule has 0 aliphatic rings. The largest absolute Gasteiger partial charge is 0.464 e. The number of rotatable bonds is 20. The van der Waals surface area contributed by atoms with E-state index in [1.165, 1.54) is 6.07 Å². The Balaban J connectivity index is 3.89. The van der Waals surface area contributed by atoms with Crippen LogP contribution in [0.4, 0.5) is 0 Å². The van der Waals surface area contributed by atoms with Crippen molar-refractivity contribution in [2.24, 2.45) is 0 Å². The zero-order valence-corrected chi connectivity index (χ0v) is 25.9. The molecule has 0 saturated carbocycles. The summed E-state index contributed by atoms with van der Waals surface area (Å²) in [5, 5.41) is -0.174. The maximum Gasteiger partial charge on any atom is 0.362 e. The van der Waals surface area contributed by atoms with E-state index in [-0.39, 0.29) is 81.0 Å². The minimum atomic E-state index is -4.12. The van der Waals surface area contributed by atoms with E-state index in [1.54, 1.807) is 48.5 Å². The maximum absolute atomic E-state index is 13.9. The molecule has 15 heteroatoms. The van der Waals surface area contributed by atoms with Gasteiger partial charge in [0.25, 0.3) is 0 Å². The Morgan fingerprint density at radius 3 is 1.58 bits per heavy atom. The third-order valence-electron chi connectivity index (χ3n) is 4.56. The van der Waals surface area contributed by atoms with Crippen molar-refractivity contribution < 1.29 is 54.8 Å². The first-order valence-electron chi connectivity index (χ1n) is 12.6. The molecule has 0 fully saturated rings. The van der Waals surface area contributed by atoms with E-state index < -0.39 is 28.8 Å². The molecule has 220 valence electrons. The van der Waals surface area contributed by atoms with Crippen LogP contribution in [0.25, 0.3) is 5.31 Å². The molecule has 1 aromatic heterocycles. The fourth-order valence-electron chi connectivity index (χ4n) is 3.42. The molecule has 1 heterocycles. The highest BCUT2D eigenvalue weighted by molar-refractivity contribution is 7.65. The summed E-state index contributed by atoms with van der Waals surface area (Å²) in [6.07, 6.45) is 0.330. The Kier molecular flexibility index (Phi) is 15.6. The summed E-state index contributed by atoms with van der Waals surface area (Å²) in [4.78, 5) is 12.5. The molecule has 0 N–H and O–H groups in total. The van der Waals surface area contributed by atoms with Gasteiger partial charge in [0.2, 0.25) is 0 Å². The Morgan fingerprint density at radius 1 is 0.711 bits per heavy atom. The van der Waals surface area contributed by atoms with Gasteiger partial charge in [0.1, 0.15) is 23.8 Å². The molecular weight excluding hydrogens is 561 g/mol. The molecule has 0 spiro atoms. The van der Waals surface area contributed by atoms with E-state index in [0.717, 1.165) is 6.08 Å². The van der Waals surface area contributed by atoms with Crippen molar-refractivity contribution in [2.45, 2.75) is 60.8 Å². The van der Waals surface area contributed by atoms with Crippen molar-refractivity contribution in [1.29, 1.82) is 0 Å². The first-order valence-corrected chi connectivity index (χ1v) is 17.6. The lowest BCUT2D eigenvalue weighted by Crippen LogP contribution is -2.06. The van der Waals surface area contributed by atoms with Crippen LogP contribution in [0.2, 0.25) is 0 Å². The van der Waals surface area contributed by atoms with Crippen molar-refractivity contribution in [3.05, 3.63) is 29.2 Å². The lowest BCUT2D eigenvalue weighted by molar-refractivity contribution is -0.137. The van der Waals surface area contributed by atoms with E-state index >= 15 is 0 Å². The highest BCUT2D eigenvalue weighted by atomic mass is 31.2. The molecule has 0 aliphatic heterocycles. The molecule has 0 atom stereocenters. The van der Waals surface area contributed by atoms with E-state index in [0.29, 0.717) is 0 Å². The summed E-state index contributed by atoms with van der Waals surface area (Å²) in [6.45, 7) is 12.0. The number of furan rings is 1. The average molecular weight is 602 g/mol. The van der Waals surface area contributed by atoms with E-state index in [2.05, 4.69) is 0 Å². The zero-order valence-electron chi connectivity index (χ0n) is 23.3. The first-order chi connectivity index (χ1) is 18.0. The van der Waals surface area contributed by atoms with Crippen LogP contribution >= 0.6 is 22.8 Å². The number of hydrogen-bond donors (Lipinski definition) is 0. The fraction of sp³-hybridized carbons (Fsp3) is 0.696. The number of ether oxygens (including phenoxy) is 1. The van der Waals surface area contributed by atoms with Gasteiger partial charge in [-0.3, -0.25) is 13.7 Å². The SMILES string of the molecule is CCOC(=O)C=C(c1cc(CP(=O)(OCC)OCC)oc1CP(=O)(OCC)OCC)P(=O)(OCC)OCC. The normalized spacial score (nSPS) is 13.2. The third-order valence-corrected chi connectivity index (χ3v) is 10.7. The molecule has 0 radical (unpaired) electrons. The number of carbonyl (C=O) groups excluding carboxylic acids is 1. The van der Waals surface area contributed by atoms with Crippen LogP contribution in [-0.2, 0) is 62.7 Å². The number of hydrogen-bond acceptors (Lipinski definition) is 12. The summed E-state index contributed by atoms with van der Waals surface area (Å²) >= 11 is 0. The van der Waals surface area contributed by atoms with Gasteiger partial charge in [0, 0.05) is 11.6 Å². The zero-order chi connectivity index (χ0) is 28.8. The summed E-state index contributed by atoms with van der Waals surface area (Å²) < 4.78 is 84.2. The number of esters is 1. The Labute approximate surface area is 225 Å². The standard InChI is InChI=1S/C23H41O12P3/c1-8-28-23(24)16-22(38(27,33-13-6)34-14-7)20-15-19(17-36(25,29-9-2)30-10-3)35-21(20)18-37(26,31-11-4)32-12-5/h15-16H,8-14,17-18H2,1-7H3. The minimum Gasteiger partial charge on any atom is -0.464 e. The van der Waals surface area contributed by atoms with Crippen molar-refractivity contribution in [1.82, 2.24) is 0 Å². The predicted molar refractivity (Wildman–Crippen MR) is 143 cm³/mol. The van der Waals surface area contributed by atoms with Crippen LogP contribution in [0.15, 0.2) is 16.6 Å². The molecule has 38 heavy (non-hydrogen) atoms. The lowest BCUT2D eigenvalue weighted by Gasteiger charge is -2.21. The smallest absolute Gasteiger partial charge is 0.362 e. The highest BCUT2D eigenvalue weighted by Gasteiger charge is 2.38. The second-order valence-corrected chi connectivity index (χ2v) is 13.5. The fourth-order valence-corrected chi connectivity index (χ4v) is 8.42. The van der Waals surface area contributed by atoms with Gasteiger partial charge in [0.15, 0.2) is 0 Å². The molecule has 1 aromatic rings. The third kappa shape index (κ3) is 10.5. The molecule has 0 saturated heterocycles.